The molecule has 1 rings (SSSR count). The Morgan fingerprint density at radius 3 is 1.23 bits per heavy atom. The van der Waals surface area contributed by atoms with Gasteiger partial charge in [-0.2, -0.15) is 0 Å². The van der Waals surface area contributed by atoms with Gasteiger partial charge >= 0.3 is 0 Å². The zero-order valence-electron chi connectivity index (χ0n) is 6.69. The van der Waals surface area contributed by atoms with Gasteiger partial charge in [-0.05, 0) is 24.3 Å². The van der Waals surface area contributed by atoms with Gasteiger partial charge in [0.05, 0.1) is 0 Å². The molecule has 0 aliphatic carbocycles. The Labute approximate surface area is 81.3 Å². The summed E-state index contributed by atoms with van der Waals surface area (Å²) in [6.45, 7) is 0. The lowest BCUT2D eigenvalue weighted by molar-refractivity contribution is 0.0988. The number of hydrogen-bond donors (Lipinski definition) is 2. The van der Waals surface area contributed by atoms with Gasteiger partial charge in [0, 0.05) is 11.1 Å². The number of halogens is 1. The number of carbonyl (C=O) groups excluding carboxylic acids is 2. The maximum atomic E-state index is 10.6. The summed E-state index contributed by atoms with van der Waals surface area (Å²) < 4.78 is 0. The predicted octanol–water partition coefficient (Wildman–Crippen LogP) is 0.306. The minimum absolute atomic E-state index is 0. The number of benzene rings is 1. The maximum Gasteiger partial charge on any atom is 0.248 e. The van der Waals surface area contributed by atoms with E-state index >= 15 is 0 Å². The number of rotatable bonds is 2. The Morgan fingerprint density at radius 2 is 1.08 bits per heavy atom. The van der Waals surface area contributed by atoms with Crippen LogP contribution in [-0.4, -0.2) is 11.8 Å². The molecule has 4 N–H and O–H groups in total. The van der Waals surface area contributed by atoms with E-state index in [4.69, 9.17) is 11.5 Å². The Morgan fingerprint density at radius 1 is 0.846 bits per heavy atom. The normalized spacial score (nSPS) is 8.62. The third-order valence-corrected chi connectivity index (χ3v) is 1.45. The molecule has 2 amide bonds. The number of amides is 2. The summed E-state index contributed by atoms with van der Waals surface area (Å²) in [6.07, 6.45) is 0. The lowest BCUT2D eigenvalue weighted by Gasteiger charge is -1.96. The van der Waals surface area contributed by atoms with Crippen molar-refractivity contribution in [1.29, 1.82) is 0 Å². The summed E-state index contributed by atoms with van der Waals surface area (Å²) in [5.41, 5.74) is 10.7. The van der Waals surface area contributed by atoms with Crippen LogP contribution in [0.2, 0.25) is 0 Å². The molecule has 0 bridgehead atoms. The van der Waals surface area contributed by atoms with Gasteiger partial charge in [0.25, 0.3) is 0 Å². The summed E-state index contributed by atoms with van der Waals surface area (Å²) >= 11 is 0. The van der Waals surface area contributed by atoms with Crippen LogP contribution >= 0.6 is 12.4 Å². The van der Waals surface area contributed by atoms with Gasteiger partial charge in [-0.3, -0.25) is 9.59 Å². The number of primary amides is 2. The van der Waals surface area contributed by atoms with E-state index in [0.717, 1.165) is 0 Å². The molecular formula is C8H9ClN2O2. The molecule has 0 atom stereocenters. The van der Waals surface area contributed by atoms with E-state index in [-0.39, 0.29) is 12.4 Å². The Balaban J connectivity index is 0.00000144. The van der Waals surface area contributed by atoms with Crippen LogP contribution in [0.4, 0.5) is 0 Å². The fourth-order valence-electron chi connectivity index (χ4n) is 0.799. The number of nitrogens with two attached hydrogens (primary N) is 2. The molecule has 0 radical (unpaired) electrons. The van der Waals surface area contributed by atoms with Crippen LogP contribution in [0.3, 0.4) is 0 Å². The molecule has 70 valence electrons. The molecule has 1 aromatic carbocycles. The Bertz CT molecular complexity index is 288. The highest BCUT2D eigenvalue weighted by molar-refractivity contribution is 5.96. The maximum absolute atomic E-state index is 10.6. The molecule has 0 heterocycles. The first-order valence-electron chi connectivity index (χ1n) is 3.31. The van der Waals surface area contributed by atoms with E-state index in [9.17, 15) is 9.59 Å². The first-order valence-corrected chi connectivity index (χ1v) is 3.31. The van der Waals surface area contributed by atoms with Crippen LogP contribution in [0.25, 0.3) is 0 Å². The van der Waals surface area contributed by atoms with Gasteiger partial charge in [0.2, 0.25) is 11.8 Å². The van der Waals surface area contributed by atoms with Crippen LogP contribution < -0.4 is 11.5 Å². The van der Waals surface area contributed by atoms with Gasteiger partial charge in [0.15, 0.2) is 0 Å². The van der Waals surface area contributed by atoms with E-state index in [1.807, 2.05) is 0 Å². The van der Waals surface area contributed by atoms with E-state index in [0.29, 0.717) is 11.1 Å². The van der Waals surface area contributed by atoms with Crippen molar-refractivity contribution in [1.82, 2.24) is 0 Å². The molecule has 1 aromatic rings. The molecule has 4 nitrogen and oxygen atoms in total. The minimum atomic E-state index is -0.522. The zero-order chi connectivity index (χ0) is 9.14. The SMILES string of the molecule is Cl.NC(=O)c1ccc(C(N)=O)cc1. The van der Waals surface area contributed by atoms with E-state index in [1.54, 1.807) is 0 Å². The molecular weight excluding hydrogens is 192 g/mol. The second kappa shape index (κ2) is 4.47. The highest BCUT2D eigenvalue weighted by Crippen LogP contribution is 2.02. The van der Waals surface area contributed by atoms with Gasteiger partial charge in [-0.15, -0.1) is 12.4 Å². The predicted molar refractivity (Wildman–Crippen MR) is 50.7 cm³/mol. The monoisotopic (exact) mass is 200 g/mol. The molecule has 13 heavy (non-hydrogen) atoms. The molecule has 0 saturated carbocycles. The van der Waals surface area contributed by atoms with Crippen LogP contribution in [0.5, 0.6) is 0 Å². The molecule has 0 aliphatic rings. The quantitative estimate of drug-likeness (QED) is 0.720. The second-order valence-electron chi connectivity index (χ2n) is 2.31. The summed E-state index contributed by atoms with van der Waals surface area (Å²) in [4.78, 5) is 21.2. The van der Waals surface area contributed by atoms with E-state index < -0.39 is 11.8 Å². The highest BCUT2D eigenvalue weighted by atomic mass is 35.5. The lowest BCUT2D eigenvalue weighted by atomic mass is 10.1. The molecule has 0 saturated heterocycles. The minimum Gasteiger partial charge on any atom is -0.366 e. The second-order valence-corrected chi connectivity index (χ2v) is 2.31. The fraction of sp³-hybridized carbons (Fsp3) is 0. The van der Waals surface area contributed by atoms with Crippen molar-refractivity contribution in [2.45, 2.75) is 0 Å². The van der Waals surface area contributed by atoms with Crippen molar-refractivity contribution < 1.29 is 9.59 Å². The van der Waals surface area contributed by atoms with Crippen LogP contribution in [0.15, 0.2) is 24.3 Å². The average molecular weight is 201 g/mol. The molecule has 5 heteroatoms. The standard InChI is InChI=1S/C8H8N2O2.ClH/c9-7(11)5-1-2-6(4-3-5)8(10)12;/h1-4H,(H2,9,11)(H2,10,12);1H. The largest absolute Gasteiger partial charge is 0.366 e. The number of hydrogen-bond acceptors (Lipinski definition) is 2. The summed E-state index contributed by atoms with van der Waals surface area (Å²) in [5.74, 6) is -1.04. The number of carbonyl (C=O) groups is 2. The summed E-state index contributed by atoms with van der Waals surface area (Å²) in [7, 11) is 0. The Hall–Kier alpha value is -1.55. The van der Waals surface area contributed by atoms with E-state index in [1.165, 1.54) is 24.3 Å². The van der Waals surface area contributed by atoms with Crippen molar-refractivity contribution in [2.75, 3.05) is 0 Å². The topological polar surface area (TPSA) is 86.2 Å². The molecule has 0 spiro atoms. The fourth-order valence-corrected chi connectivity index (χ4v) is 0.799. The average Bonchev–Trinajstić information content (AvgIpc) is 2.04. The van der Waals surface area contributed by atoms with Crippen LogP contribution in [0.1, 0.15) is 20.7 Å². The van der Waals surface area contributed by atoms with Gasteiger partial charge in [0.1, 0.15) is 0 Å². The van der Waals surface area contributed by atoms with Crippen LogP contribution in [-0.2, 0) is 0 Å². The van der Waals surface area contributed by atoms with Crippen LogP contribution in [0, 0.1) is 0 Å². The van der Waals surface area contributed by atoms with Gasteiger partial charge < -0.3 is 11.5 Å². The summed E-state index contributed by atoms with van der Waals surface area (Å²) in [6, 6.07) is 5.84. The van der Waals surface area contributed by atoms with E-state index in [2.05, 4.69) is 0 Å². The molecule has 0 unspecified atom stereocenters. The van der Waals surface area contributed by atoms with Gasteiger partial charge in [-0.25, -0.2) is 0 Å². The first-order chi connectivity index (χ1) is 5.61. The first kappa shape index (κ1) is 11.4. The van der Waals surface area contributed by atoms with Crippen molar-refractivity contribution in [3.8, 4) is 0 Å². The van der Waals surface area contributed by atoms with Crippen molar-refractivity contribution in [2.24, 2.45) is 11.5 Å². The zero-order valence-corrected chi connectivity index (χ0v) is 7.51. The molecule has 0 aromatic heterocycles. The van der Waals surface area contributed by atoms with Crippen molar-refractivity contribution in [3.63, 3.8) is 0 Å². The smallest absolute Gasteiger partial charge is 0.248 e. The molecule has 0 aliphatic heterocycles. The summed E-state index contributed by atoms with van der Waals surface area (Å²) in [5, 5.41) is 0. The third-order valence-electron chi connectivity index (χ3n) is 1.45. The highest BCUT2D eigenvalue weighted by Gasteiger charge is 2.02. The van der Waals surface area contributed by atoms with Gasteiger partial charge in [-0.1, -0.05) is 0 Å². The Kier molecular flexibility index (Phi) is 3.94. The lowest BCUT2D eigenvalue weighted by Crippen LogP contribution is -2.13. The third kappa shape index (κ3) is 2.76. The van der Waals surface area contributed by atoms with Crippen molar-refractivity contribution >= 4 is 24.2 Å². The molecule has 0 fully saturated rings. The van der Waals surface area contributed by atoms with Crippen molar-refractivity contribution in [3.05, 3.63) is 35.4 Å².